The topological polar surface area (TPSA) is 105 Å². The highest BCUT2D eigenvalue weighted by Gasteiger charge is 2.48. The Morgan fingerprint density at radius 1 is 1.00 bits per heavy atom. The fourth-order valence-corrected chi connectivity index (χ4v) is 2.99. The first-order valence-corrected chi connectivity index (χ1v) is 8.76. The normalized spacial score (nSPS) is 29.1. The van der Waals surface area contributed by atoms with Crippen molar-refractivity contribution in [2.24, 2.45) is 0 Å². The summed E-state index contributed by atoms with van der Waals surface area (Å²) in [4.78, 5) is 11.8. The monoisotopic (exact) mass is 368 g/mol. The van der Waals surface area contributed by atoms with E-state index in [9.17, 15) is 20.1 Å². The maximum Gasteiger partial charge on any atom is 0.337 e. The van der Waals surface area contributed by atoms with Crippen molar-refractivity contribution in [3.05, 3.63) is 29.3 Å². The van der Waals surface area contributed by atoms with Crippen LogP contribution >= 0.6 is 0 Å². The molecule has 5 atom stereocenters. The van der Waals surface area contributed by atoms with Crippen molar-refractivity contribution in [3.63, 3.8) is 0 Å². The number of carbonyl (C=O) groups is 1. The number of benzene rings is 1. The molecule has 1 aliphatic rings. The van der Waals surface area contributed by atoms with E-state index in [0.29, 0.717) is 5.75 Å². The first-order chi connectivity index (χ1) is 12.2. The summed E-state index contributed by atoms with van der Waals surface area (Å²) in [7, 11) is 1.15. The molecule has 7 heteroatoms. The zero-order valence-corrected chi connectivity index (χ0v) is 15.7. The summed E-state index contributed by atoms with van der Waals surface area (Å²) in [5, 5.41) is 30.4. The number of aliphatic hydroxyl groups excluding tert-OH is 3. The highest BCUT2D eigenvalue weighted by Crippen LogP contribution is 2.36. The van der Waals surface area contributed by atoms with Crippen molar-refractivity contribution in [1.29, 1.82) is 0 Å². The van der Waals surface area contributed by atoms with Gasteiger partial charge in [0.2, 0.25) is 6.29 Å². The van der Waals surface area contributed by atoms with Crippen LogP contribution in [-0.4, -0.2) is 59.1 Å². The predicted molar refractivity (Wildman–Crippen MR) is 93.9 cm³/mol. The highest BCUT2D eigenvalue weighted by atomic mass is 16.7. The summed E-state index contributed by atoms with van der Waals surface area (Å²) in [5.41, 5.74) is 1.84. The first kappa shape index (κ1) is 20.6. The number of carbonyl (C=O) groups excluding carboxylic acids is 1. The van der Waals surface area contributed by atoms with Crippen molar-refractivity contribution in [2.75, 3.05) is 7.11 Å². The van der Waals surface area contributed by atoms with Gasteiger partial charge in [0.1, 0.15) is 24.1 Å². The Kier molecular flexibility index (Phi) is 6.63. The van der Waals surface area contributed by atoms with Crippen LogP contribution in [0.2, 0.25) is 0 Å². The third-order valence-corrected chi connectivity index (χ3v) is 4.56. The summed E-state index contributed by atoms with van der Waals surface area (Å²) in [6, 6.07) is 5.78. The summed E-state index contributed by atoms with van der Waals surface area (Å²) >= 11 is 0. The van der Waals surface area contributed by atoms with Crippen LogP contribution in [0.5, 0.6) is 5.75 Å². The molecule has 1 fully saturated rings. The quantitative estimate of drug-likeness (QED) is 0.673. The molecule has 0 spiro atoms. The van der Waals surface area contributed by atoms with Crippen LogP contribution in [0, 0.1) is 0 Å². The molecular weight excluding hydrogens is 340 g/mol. The van der Waals surface area contributed by atoms with Gasteiger partial charge in [0, 0.05) is 0 Å². The number of esters is 1. The molecule has 0 amide bonds. The standard InChI is InChI=1S/C19H28O7/c1-9(2)11-7-6-8-12(10(3)4)16(11)25-19-15(22)13(20)14(21)17(26-19)18(23)24-5/h6-10,13-15,17,19-22H,1-5H3/t13-,14-,15+,17-,19+/m0/s1. The van der Waals surface area contributed by atoms with Crippen LogP contribution < -0.4 is 4.74 Å². The maximum absolute atomic E-state index is 11.8. The van der Waals surface area contributed by atoms with Gasteiger partial charge in [0.05, 0.1) is 7.11 Å². The molecule has 0 unspecified atom stereocenters. The molecule has 1 aromatic carbocycles. The predicted octanol–water partition coefficient (Wildman–Crippen LogP) is 1.29. The van der Waals surface area contributed by atoms with Crippen LogP contribution in [0.25, 0.3) is 0 Å². The lowest BCUT2D eigenvalue weighted by molar-refractivity contribution is -0.272. The fourth-order valence-electron chi connectivity index (χ4n) is 2.99. The zero-order chi connectivity index (χ0) is 19.6. The number of hydrogen-bond acceptors (Lipinski definition) is 7. The summed E-state index contributed by atoms with van der Waals surface area (Å²) in [6.45, 7) is 8.06. The molecule has 0 bridgehead atoms. The van der Waals surface area contributed by atoms with Gasteiger partial charge in [-0.15, -0.1) is 0 Å². The van der Waals surface area contributed by atoms with E-state index in [-0.39, 0.29) is 11.8 Å². The van der Waals surface area contributed by atoms with Crippen molar-refractivity contribution >= 4 is 5.97 Å². The van der Waals surface area contributed by atoms with Gasteiger partial charge in [0.15, 0.2) is 6.10 Å². The van der Waals surface area contributed by atoms with Gasteiger partial charge in [-0.2, -0.15) is 0 Å². The number of rotatable bonds is 5. The molecule has 0 radical (unpaired) electrons. The molecule has 1 saturated heterocycles. The van der Waals surface area contributed by atoms with Gasteiger partial charge in [-0.1, -0.05) is 45.9 Å². The minimum Gasteiger partial charge on any atom is -0.467 e. The highest BCUT2D eigenvalue weighted by molar-refractivity contribution is 5.75. The second-order valence-electron chi connectivity index (χ2n) is 7.11. The Balaban J connectivity index is 2.38. The molecule has 0 saturated carbocycles. The average molecular weight is 368 g/mol. The van der Waals surface area contributed by atoms with Gasteiger partial charge in [-0.05, 0) is 23.0 Å². The van der Waals surface area contributed by atoms with E-state index in [4.69, 9.17) is 9.47 Å². The Morgan fingerprint density at radius 2 is 1.54 bits per heavy atom. The van der Waals surface area contributed by atoms with Crippen LogP contribution in [0.3, 0.4) is 0 Å². The summed E-state index contributed by atoms with van der Waals surface area (Å²) < 4.78 is 16.0. The number of ether oxygens (including phenoxy) is 3. The van der Waals surface area contributed by atoms with Gasteiger partial charge < -0.3 is 29.5 Å². The van der Waals surface area contributed by atoms with E-state index in [1.54, 1.807) is 0 Å². The smallest absolute Gasteiger partial charge is 0.337 e. The second kappa shape index (κ2) is 8.35. The van der Waals surface area contributed by atoms with Gasteiger partial charge in [-0.25, -0.2) is 4.79 Å². The molecule has 1 heterocycles. The molecule has 1 aromatic rings. The van der Waals surface area contributed by atoms with E-state index in [1.807, 2.05) is 45.9 Å². The Morgan fingerprint density at radius 3 is 2.00 bits per heavy atom. The molecular formula is C19H28O7. The zero-order valence-electron chi connectivity index (χ0n) is 15.7. The van der Waals surface area contributed by atoms with Crippen LogP contribution in [-0.2, 0) is 14.3 Å². The van der Waals surface area contributed by atoms with Gasteiger partial charge in [0.25, 0.3) is 0 Å². The number of para-hydroxylation sites is 1. The second-order valence-corrected chi connectivity index (χ2v) is 7.11. The first-order valence-electron chi connectivity index (χ1n) is 8.76. The van der Waals surface area contributed by atoms with Gasteiger partial charge >= 0.3 is 5.97 Å². The van der Waals surface area contributed by atoms with Gasteiger partial charge in [-0.3, -0.25) is 0 Å². The number of hydrogen-bond donors (Lipinski definition) is 3. The van der Waals surface area contributed by atoms with Crippen LogP contribution in [0.4, 0.5) is 0 Å². The number of aliphatic hydroxyl groups is 3. The minimum atomic E-state index is -1.61. The Bertz CT molecular complexity index is 602. The summed E-state index contributed by atoms with van der Waals surface area (Å²) in [5.74, 6) is -0.000245. The van der Waals surface area contributed by atoms with E-state index in [1.165, 1.54) is 0 Å². The molecule has 2 rings (SSSR count). The van der Waals surface area contributed by atoms with Crippen molar-refractivity contribution in [1.82, 2.24) is 0 Å². The average Bonchev–Trinajstić information content (AvgIpc) is 2.61. The van der Waals surface area contributed by atoms with Crippen molar-refractivity contribution in [2.45, 2.75) is 70.2 Å². The molecule has 0 aromatic heterocycles. The molecule has 3 N–H and O–H groups in total. The SMILES string of the molecule is COC(=O)[C@H]1O[C@@H](Oc2c(C(C)C)cccc2C(C)C)[C@H](O)[C@@H](O)[C@@H]1O. The lowest BCUT2D eigenvalue weighted by atomic mass is 9.93. The third kappa shape index (κ3) is 4.01. The van der Waals surface area contributed by atoms with Crippen molar-refractivity contribution in [3.8, 4) is 5.75 Å². The van der Waals surface area contributed by atoms with Crippen LogP contribution in [0.15, 0.2) is 18.2 Å². The minimum absolute atomic E-state index is 0.149. The maximum atomic E-state index is 11.8. The van der Waals surface area contributed by atoms with E-state index in [0.717, 1.165) is 18.2 Å². The lowest BCUT2D eigenvalue weighted by Gasteiger charge is -2.39. The molecule has 0 aliphatic carbocycles. The van der Waals surface area contributed by atoms with Crippen molar-refractivity contribution < 1.29 is 34.3 Å². The summed E-state index contributed by atoms with van der Waals surface area (Å²) in [6.07, 6.45) is -7.51. The molecule has 7 nitrogen and oxygen atoms in total. The van der Waals surface area contributed by atoms with E-state index >= 15 is 0 Å². The molecule has 26 heavy (non-hydrogen) atoms. The Labute approximate surface area is 153 Å². The molecule has 1 aliphatic heterocycles. The fraction of sp³-hybridized carbons (Fsp3) is 0.632. The van der Waals surface area contributed by atoms with Crippen LogP contribution in [0.1, 0.15) is 50.7 Å². The largest absolute Gasteiger partial charge is 0.467 e. The van der Waals surface area contributed by atoms with E-state index < -0.39 is 36.7 Å². The third-order valence-electron chi connectivity index (χ3n) is 4.56. The lowest BCUT2D eigenvalue weighted by Crippen LogP contribution is -2.61. The number of methoxy groups -OCH3 is 1. The molecule has 146 valence electrons. The van der Waals surface area contributed by atoms with E-state index in [2.05, 4.69) is 4.74 Å². The Hall–Kier alpha value is -1.67.